The zero-order valence-corrected chi connectivity index (χ0v) is 17.4. The van der Waals surface area contributed by atoms with Gasteiger partial charge in [-0.3, -0.25) is 4.79 Å². The summed E-state index contributed by atoms with van der Waals surface area (Å²) in [4.78, 5) is 27.1. The minimum atomic E-state index is -0.726. The number of ketones is 1. The zero-order chi connectivity index (χ0) is 20.9. The maximum atomic E-state index is 12.4. The Balaban J connectivity index is 1.26. The molecule has 30 heavy (non-hydrogen) atoms. The fraction of sp³-hybridized carbons (Fsp3) is 0.440. The van der Waals surface area contributed by atoms with E-state index in [1.54, 1.807) is 24.3 Å². The molecule has 0 aromatic heterocycles. The smallest absolute Gasteiger partial charge is 0.379 e. The van der Waals surface area contributed by atoms with Crippen molar-refractivity contribution in [1.82, 2.24) is 4.90 Å². The summed E-state index contributed by atoms with van der Waals surface area (Å²) in [5.74, 6) is 0.455. The Bertz CT molecular complexity index is 854. The van der Waals surface area contributed by atoms with Gasteiger partial charge < -0.3 is 14.4 Å². The molecule has 0 spiro atoms. The lowest BCUT2D eigenvalue weighted by Crippen LogP contribution is -2.39. The standard InChI is InChI=1S/C25H29NO4/c1-26(15-8-16-29-20-11-6-3-7-12-20)23-19-13-14-21(23)22(17-19)30-25(28)24(27)18-9-4-2-5-10-18/h2-7,9-12,19,21-23H,8,13-17H2,1H3. The van der Waals surface area contributed by atoms with Gasteiger partial charge in [0.15, 0.2) is 0 Å². The molecular weight excluding hydrogens is 378 g/mol. The third-order valence-corrected chi connectivity index (χ3v) is 6.46. The fourth-order valence-corrected chi connectivity index (χ4v) is 5.12. The third kappa shape index (κ3) is 4.57. The van der Waals surface area contributed by atoms with Crippen LogP contribution in [0, 0.1) is 11.8 Å². The summed E-state index contributed by atoms with van der Waals surface area (Å²) in [6.07, 6.45) is 3.86. The van der Waals surface area contributed by atoms with Gasteiger partial charge in [-0.15, -0.1) is 0 Å². The third-order valence-electron chi connectivity index (χ3n) is 6.46. The zero-order valence-electron chi connectivity index (χ0n) is 17.4. The van der Waals surface area contributed by atoms with Crippen molar-refractivity contribution in [3.05, 3.63) is 66.2 Å². The van der Waals surface area contributed by atoms with Crippen LogP contribution in [-0.4, -0.2) is 49.0 Å². The predicted octanol–water partition coefficient (Wildman–Crippen LogP) is 3.98. The second-order valence-corrected chi connectivity index (χ2v) is 8.36. The minimum absolute atomic E-state index is 0.156. The number of carbonyl (C=O) groups is 2. The molecule has 2 aromatic carbocycles. The van der Waals surface area contributed by atoms with Crippen LogP contribution in [0.5, 0.6) is 5.75 Å². The molecule has 5 nitrogen and oxygen atoms in total. The maximum Gasteiger partial charge on any atom is 0.379 e. The molecule has 0 aliphatic heterocycles. The van der Waals surface area contributed by atoms with Crippen LogP contribution < -0.4 is 4.74 Å². The van der Waals surface area contributed by atoms with Gasteiger partial charge in [-0.1, -0.05) is 48.5 Å². The molecule has 0 saturated heterocycles. The van der Waals surface area contributed by atoms with E-state index in [1.807, 2.05) is 36.4 Å². The molecular formula is C25H29NO4. The Labute approximate surface area is 178 Å². The average molecular weight is 408 g/mol. The van der Waals surface area contributed by atoms with Crippen molar-refractivity contribution >= 4 is 11.8 Å². The maximum absolute atomic E-state index is 12.4. The highest BCUT2D eigenvalue weighted by Crippen LogP contribution is 2.48. The van der Waals surface area contributed by atoms with Crippen molar-refractivity contribution in [1.29, 1.82) is 0 Å². The van der Waals surface area contributed by atoms with Gasteiger partial charge in [-0.2, -0.15) is 0 Å². The average Bonchev–Trinajstić information content (AvgIpc) is 3.35. The topological polar surface area (TPSA) is 55.8 Å². The van der Waals surface area contributed by atoms with Gasteiger partial charge in [0, 0.05) is 24.1 Å². The highest BCUT2D eigenvalue weighted by atomic mass is 16.5. The van der Waals surface area contributed by atoms with Crippen LogP contribution in [0.3, 0.4) is 0 Å². The molecule has 2 aliphatic carbocycles. The number of hydrogen-bond acceptors (Lipinski definition) is 5. The lowest BCUT2D eigenvalue weighted by molar-refractivity contribution is -0.145. The van der Waals surface area contributed by atoms with Crippen molar-refractivity contribution in [3.63, 3.8) is 0 Å². The molecule has 0 amide bonds. The number of para-hydroxylation sites is 1. The van der Waals surface area contributed by atoms with Crippen LogP contribution in [-0.2, 0) is 9.53 Å². The van der Waals surface area contributed by atoms with E-state index < -0.39 is 11.8 Å². The lowest BCUT2D eigenvalue weighted by Gasteiger charge is -2.29. The highest BCUT2D eigenvalue weighted by Gasteiger charge is 2.51. The molecule has 2 bridgehead atoms. The van der Waals surface area contributed by atoms with Crippen LogP contribution >= 0.6 is 0 Å². The van der Waals surface area contributed by atoms with Gasteiger partial charge in [0.05, 0.1) is 6.61 Å². The molecule has 2 aliphatic rings. The number of carbonyl (C=O) groups excluding carboxylic acids is 2. The van der Waals surface area contributed by atoms with Gasteiger partial charge in [-0.05, 0) is 50.8 Å². The number of nitrogens with zero attached hydrogens (tertiary/aromatic N) is 1. The summed E-state index contributed by atoms with van der Waals surface area (Å²) in [7, 11) is 2.15. The van der Waals surface area contributed by atoms with Gasteiger partial charge in [-0.25, -0.2) is 4.79 Å². The van der Waals surface area contributed by atoms with Crippen LogP contribution in [0.15, 0.2) is 60.7 Å². The number of hydrogen-bond donors (Lipinski definition) is 0. The van der Waals surface area contributed by atoms with Crippen molar-refractivity contribution in [3.8, 4) is 5.75 Å². The molecule has 2 aromatic rings. The fourth-order valence-electron chi connectivity index (χ4n) is 5.12. The highest BCUT2D eigenvalue weighted by molar-refractivity contribution is 6.40. The molecule has 2 fully saturated rings. The Morgan fingerprint density at radius 1 is 1.00 bits per heavy atom. The van der Waals surface area contributed by atoms with E-state index in [2.05, 4.69) is 11.9 Å². The van der Waals surface area contributed by atoms with Crippen molar-refractivity contribution < 1.29 is 19.1 Å². The first kappa shape index (κ1) is 20.6. The number of ether oxygens (including phenoxy) is 2. The molecule has 4 atom stereocenters. The summed E-state index contributed by atoms with van der Waals surface area (Å²) in [6, 6.07) is 18.9. The van der Waals surface area contributed by atoms with E-state index in [4.69, 9.17) is 9.47 Å². The first-order valence-corrected chi connectivity index (χ1v) is 10.8. The second-order valence-electron chi connectivity index (χ2n) is 8.36. The SMILES string of the molecule is CN(CCCOc1ccccc1)C1C2CCC1C(OC(=O)C(=O)c1ccccc1)C2. The number of esters is 1. The largest absolute Gasteiger partial charge is 0.494 e. The van der Waals surface area contributed by atoms with Crippen molar-refractivity contribution in [2.45, 2.75) is 37.8 Å². The summed E-state index contributed by atoms with van der Waals surface area (Å²) >= 11 is 0. The van der Waals surface area contributed by atoms with Crippen molar-refractivity contribution in [2.75, 3.05) is 20.2 Å². The van der Waals surface area contributed by atoms with E-state index in [1.165, 1.54) is 6.42 Å². The second kappa shape index (κ2) is 9.43. The quantitative estimate of drug-likeness (QED) is 0.272. The predicted molar refractivity (Wildman–Crippen MR) is 114 cm³/mol. The molecule has 4 rings (SSSR count). The van der Waals surface area contributed by atoms with Crippen LogP contribution in [0.4, 0.5) is 0 Å². The molecule has 0 heterocycles. The molecule has 0 radical (unpaired) electrons. The lowest BCUT2D eigenvalue weighted by atomic mass is 9.97. The van der Waals surface area contributed by atoms with E-state index in [-0.39, 0.29) is 6.10 Å². The molecule has 158 valence electrons. The number of rotatable bonds is 9. The van der Waals surface area contributed by atoms with E-state index in [0.29, 0.717) is 30.0 Å². The van der Waals surface area contributed by atoms with Crippen LogP contribution in [0.25, 0.3) is 0 Å². The minimum Gasteiger partial charge on any atom is -0.494 e. The first-order chi connectivity index (χ1) is 14.6. The Morgan fingerprint density at radius 2 is 1.70 bits per heavy atom. The van der Waals surface area contributed by atoms with Gasteiger partial charge in [0.1, 0.15) is 11.9 Å². The van der Waals surface area contributed by atoms with Gasteiger partial charge in [0.25, 0.3) is 5.78 Å². The summed E-state index contributed by atoms with van der Waals surface area (Å²) in [5, 5.41) is 0. The molecule has 5 heteroatoms. The van der Waals surface area contributed by atoms with E-state index in [0.717, 1.165) is 31.6 Å². The van der Waals surface area contributed by atoms with Crippen LogP contribution in [0.2, 0.25) is 0 Å². The summed E-state index contributed by atoms with van der Waals surface area (Å²) in [5.41, 5.74) is 0.387. The van der Waals surface area contributed by atoms with E-state index in [9.17, 15) is 9.59 Å². The van der Waals surface area contributed by atoms with Crippen LogP contribution in [0.1, 0.15) is 36.0 Å². The van der Waals surface area contributed by atoms with Crippen molar-refractivity contribution in [2.24, 2.45) is 11.8 Å². The Morgan fingerprint density at radius 3 is 2.43 bits per heavy atom. The number of Topliss-reactive ketones (excluding diaryl/α,β-unsaturated/α-hetero) is 1. The molecule has 0 N–H and O–H groups in total. The molecule has 2 saturated carbocycles. The normalized spacial score (nSPS) is 24.7. The van der Waals surface area contributed by atoms with E-state index >= 15 is 0 Å². The van der Waals surface area contributed by atoms with Gasteiger partial charge in [0.2, 0.25) is 0 Å². The number of benzene rings is 2. The summed E-state index contributed by atoms with van der Waals surface area (Å²) in [6.45, 7) is 1.62. The monoisotopic (exact) mass is 407 g/mol. The first-order valence-electron chi connectivity index (χ1n) is 10.8. The molecule has 4 unspecified atom stereocenters. The Hall–Kier alpha value is -2.66. The Kier molecular flexibility index (Phi) is 6.48. The number of fused-ring (bicyclic) bond motifs is 2. The van der Waals surface area contributed by atoms with Gasteiger partial charge >= 0.3 is 5.97 Å². The summed E-state index contributed by atoms with van der Waals surface area (Å²) < 4.78 is 11.5.